The molecule has 1 aliphatic heterocycles. The molecule has 1 aromatic carbocycles. The monoisotopic (exact) mass is 276 g/mol. The van der Waals surface area contributed by atoms with Crippen LogP contribution in [0.1, 0.15) is 34.6 Å². The zero-order chi connectivity index (χ0) is 14.2. The minimum Gasteiger partial charge on any atom is -0.393 e. The topological polar surface area (TPSA) is 63.4 Å². The highest BCUT2D eigenvalue weighted by atomic mass is 32.1. The van der Waals surface area contributed by atoms with Gasteiger partial charge in [0.2, 0.25) is 0 Å². The number of nitrogens with zero attached hydrogens (tertiary/aromatic N) is 1. The lowest BCUT2D eigenvalue weighted by Crippen LogP contribution is -2.41. The predicted molar refractivity (Wildman–Crippen MR) is 76.9 cm³/mol. The molecule has 0 saturated heterocycles. The van der Waals surface area contributed by atoms with E-state index in [2.05, 4.69) is 0 Å². The van der Waals surface area contributed by atoms with Crippen LogP contribution in [0.4, 0.5) is 0 Å². The molecule has 5 heteroatoms. The minimum atomic E-state index is -0.262. The summed E-state index contributed by atoms with van der Waals surface area (Å²) in [6.07, 6.45) is 0. The average Bonchev–Trinajstić information content (AvgIpc) is 2.59. The largest absolute Gasteiger partial charge is 0.393 e. The van der Waals surface area contributed by atoms with Crippen molar-refractivity contribution in [2.24, 2.45) is 17.6 Å². The highest BCUT2D eigenvalue weighted by Crippen LogP contribution is 2.25. The van der Waals surface area contributed by atoms with Crippen LogP contribution in [0.15, 0.2) is 24.3 Å². The van der Waals surface area contributed by atoms with Crippen LogP contribution in [0.3, 0.4) is 0 Å². The van der Waals surface area contributed by atoms with Gasteiger partial charge in [0.25, 0.3) is 11.8 Å². The zero-order valence-electron chi connectivity index (χ0n) is 10.9. The van der Waals surface area contributed by atoms with E-state index in [1.165, 1.54) is 4.90 Å². The first-order chi connectivity index (χ1) is 8.93. The lowest BCUT2D eigenvalue weighted by Gasteiger charge is -2.24. The fourth-order valence-electron chi connectivity index (χ4n) is 2.23. The van der Waals surface area contributed by atoms with Crippen molar-refractivity contribution in [1.29, 1.82) is 0 Å². The van der Waals surface area contributed by atoms with Gasteiger partial charge in [-0.15, -0.1) is 0 Å². The second-order valence-electron chi connectivity index (χ2n) is 5.02. The molecule has 1 unspecified atom stereocenters. The number of carbonyl (C=O) groups is 2. The Labute approximate surface area is 117 Å². The maximum absolute atomic E-state index is 12.2. The van der Waals surface area contributed by atoms with Crippen LogP contribution in [0.5, 0.6) is 0 Å². The second-order valence-corrected chi connectivity index (χ2v) is 5.49. The third-order valence-corrected chi connectivity index (χ3v) is 3.73. The average molecular weight is 276 g/mol. The lowest BCUT2D eigenvalue weighted by atomic mass is 9.95. The third-order valence-electron chi connectivity index (χ3n) is 3.43. The van der Waals surface area contributed by atoms with E-state index < -0.39 is 0 Å². The molecule has 0 bridgehead atoms. The molecule has 0 fully saturated rings. The number of imide groups is 1. The third kappa shape index (κ3) is 2.38. The molecule has 0 saturated carbocycles. The van der Waals surface area contributed by atoms with Crippen LogP contribution in [0, 0.1) is 11.8 Å². The van der Waals surface area contributed by atoms with Gasteiger partial charge in [-0.1, -0.05) is 38.2 Å². The predicted octanol–water partition coefficient (Wildman–Crippen LogP) is 1.84. The van der Waals surface area contributed by atoms with Crippen LogP contribution < -0.4 is 5.73 Å². The van der Waals surface area contributed by atoms with E-state index in [4.69, 9.17) is 18.0 Å². The van der Waals surface area contributed by atoms with E-state index in [1.807, 2.05) is 13.8 Å². The van der Waals surface area contributed by atoms with Gasteiger partial charge in [-0.25, -0.2) is 0 Å². The molecular weight excluding hydrogens is 260 g/mol. The number of hydrogen-bond acceptors (Lipinski definition) is 3. The highest BCUT2D eigenvalue weighted by Gasteiger charge is 2.37. The van der Waals surface area contributed by atoms with Crippen LogP contribution in [-0.2, 0) is 0 Å². The minimum absolute atomic E-state index is 0.155. The van der Waals surface area contributed by atoms with E-state index in [0.717, 1.165) is 0 Å². The van der Waals surface area contributed by atoms with Crippen molar-refractivity contribution in [3.63, 3.8) is 0 Å². The maximum Gasteiger partial charge on any atom is 0.261 e. The van der Waals surface area contributed by atoms with Crippen molar-refractivity contribution in [2.45, 2.75) is 13.8 Å². The van der Waals surface area contributed by atoms with Gasteiger partial charge in [-0.05, 0) is 18.1 Å². The summed E-state index contributed by atoms with van der Waals surface area (Å²) in [5.74, 6) is -0.496. The van der Waals surface area contributed by atoms with E-state index in [9.17, 15) is 9.59 Å². The molecule has 100 valence electrons. The second kappa shape index (κ2) is 5.09. The van der Waals surface area contributed by atoms with Crippen molar-refractivity contribution in [3.8, 4) is 0 Å². The number of rotatable bonds is 4. The SMILES string of the molecule is CC(C)C(CN1C(=O)c2ccccc2C1=O)C(N)=S. The molecule has 0 spiro atoms. The van der Waals surface area contributed by atoms with Gasteiger partial charge < -0.3 is 5.73 Å². The molecule has 2 rings (SSSR count). The van der Waals surface area contributed by atoms with Crippen LogP contribution in [-0.4, -0.2) is 28.2 Å². The molecular formula is C14H16N2O2S. The Morgan fingerprint density at radius 1 is 1.21 bits per heavy atom. The van der Waals surface area contributed by atoms with E-state index in [0.29, 0.717) is 16.1 Å². The van der Waals surface area contributed by atoms with E-state index in [1.54, 1.807) is 24.3 Å². The van der Waals surface area contributed by atoms with E-state index in [-0.39, 0.29) is 30.2 Å². The summed E-state index contributed by atoms with van der Waals surface area (Å²) in [6.45, 7) is 4.20. The van der Waals surface area contributed by atoms with Gasteiger partial charge in [0.15, 0.2) is 0 Å². The Morgan fingerprint density at radius 2 is 1.68 bits per heavy atom. The van der Waals surface area contributed by atoms with Crippen molar-refractivity contribution in [3.05, 3.63) is 35.4 Å². The molecule has 0 radical (unpaired) electrons. The Kier molecular flexibility index (Phi) is 3.66. The number of thiocarbonyl (C=S) groups is 1. The first kappa shape index (κ1) is 13.7. The summed E-state index contributed by atoms with van der Waals surface area (Å²) >= 11 is 5.02. The van der Waals surface area contributed by atoms with Gasteiger partial charge in [-0.3, -0.25) is 14.5 Å². The van der Waals surface area contributed by atoms with Crippen LogP contribution in [0.25, 0.3) is 0 Å². The molecule has 2 N–H and O–H groups in total. The number of fused-ring (bicyclic) bond motifs is 1. The normalized spacial score (nSPS) is 15.8. The maximum atomic E-state index is 12.2. The van der Waals surface area contributed by atoms with Crippen molar-refractivity contribution < 1.29 is 9.59 Å². The quantitative estimate of drug-likeness (QED) is 0.673. The molecule has 0 aliphatic carbocycles. The number of carbonyl (C=O) groups excluding carboxylic acids is 2. The fraction of sp³-hybridized carbons (Fsp3) is 0.357. The summed E-state index contributed by atoms with van der Waals surface area (Å²) in [5.41, 5.74) is 6.61. The van der Waals surface area contributed by atoms with Crippen molar-refractivity contribution >= 4 is 29.0 Å². The summed E-state index contributed by atoms with van der Waals surface area (Å²) in [7, 11) is 0. The first-order valence-corrected chi connectivity index (χ1v) is 6.59. The molecule has 1 aromatic rings. The number of amides is 2. The lowest BCUT2D eigenvalue weighted by molar-refractivity contribution is 0.0634. The van der Waals surface area contributed by atoms with Crippen LogP contribution >= 0.6 is 12.2 Å². The van der Waals surface area contributed by atoms with Gasteiger partial charge >= 0.3 is 0 Å². The number of hydrogen-bond donors (Lipinski definition) is 1. The number of benzene rings is 1. The van der Waals surface area contributed by atoms with Crippen LogP contribution in [0.2, 0.25) is 0 Å². The van der Waals surface area contributed by atoms with Crippen molar-refractivity contribution in [1.82, 2.24) is 4.90 Å². The molecule has 1 heterocycles. The molecule has 19 heavy (non-hydrogen) atoms. The summed E-state index contributed by atoms with van der Waals surface area (Å²) in [4.78, 5) is 26.0. The van der Waals surface area contributed by atoms with Gasteiger partial charge in [-0.2, -0.15) is 0 Å². The summed E-state index contributed by atoms with van der Waals surface area (Å²) in [6, 6.07) is 6.84. The summed E-state index contributed by atoms with van der Waals surface area (Å²) in [5, 5.41) is 0. The Morgan fingerprint density at radius 3 is 2.05 bits per heavy atom. The first-order valence-electron chi connectivity index (χ1n) is 6.18. The molecule has 2 amide bonds. The van der Waals surface area contributed by atoms with Crippen molar-refractivity contribution in [2.75, 3.05) is 6.54 Å². The van der Waals surface area contributed by atoms with Gasteiger partial charge in [0, 0.05) is 12.5 Å². The summed E-state index contributed by atoms with van der Waals surface area (Å²) < 4.78 is 0. The van der Waals surface area contributed by atoms with Gasteiger partial charge in [0.05, 0.1) is 16.1 Å². The molecule has 1 atom stereocenters. The Bertz CT molecular complexity index is 519. The number of nitrogens with two attached hydrogens (primary N) is 1. The Hall–Kier alpha value is -1.75. The fourth-order valence-corrected chi connectivity index (χ4v) is 2.58. The Balaban J connectivity index is 2.27. The highest BCUT2D eigenvalue weighted by molar-refractivity contribution is 7.80. The standard InChI is InChI=1S/C14H16N2O2S/c1-8(2)11(12(15)19)7-16-13(17)9-5-3-4-6-10(9)14(16)18/h3-6,8,11H,7H2,1-2H3,(H2,15,19). The molecule has 4 nitrogen and oxygen atoms in total. The van der Waals surface area contributed by atoms with Gasteiger partial charge in [0.1, 0.15) is 0 Å². The molecule has 1 aliphatic rings. The van der Waals surface area contributed by atoms with E-state index >= 15 is 0 Å². The molecule has 0 aromatic heterocycles. The zero-order valence-corrected chi connectivity index (χ0v) is 11.7. The smallest absolute Gasteiger partial charge is 0.261 e.